The Morgan fingerprint density at radius 2 is 1.67 bits per heavy atom. The first kappa shape index (κ1) is 14.7. The standard InChI is InChI=1S/C15H23NO2/c1-9-7-11(3)12(8-10(9)2)13(16-6)15(4,5)14(17)18/h7-8,13,16H,1-6H3,(H,17,18). The van der Waals surface area contributed by atoms with Gasteiger partial charge in [-0.3, -0.25) is 4.79 Å². The number of rotatable bonds is 4. The van der Waals surface area contributed by atoms with Gasteiger partial charge in [-0.05, 0) is 63.9 Å². The molecule has 1 unspecified atom stereocenters. The number of benzene rings is 1. The molecule has 3 nitrogen and oxygen atoms in total. The zero-order valence-corrected chi connectivity index (χ0v) is 12.1. The van der Waals surface area contributed by atoms with Crippen LogP contribution in [0.15, 0.2) is 12.1 Å². The smallest absolute Gasteiger partial charge is 0.311 e. The van der Waals surface area contributed by atoms with Gasteiger partial charge in [0.2, 0.25) is 0 Å². The summed E-state index contributed by atoms with van der Waals surface area (Å²) in [5, 5.41) is 12.5. The monoisotopic (exact) mass is 249 g/mol. The van der Waals surface area contributed by atoms with Gasteiger partial charge in [0.05, 0.1) is 5.41 Å². The molecule has 0 fully saturated rings. The van der Waals surface area contributed by atoms with Gasteiger partial charge in [0.15, 0.2) is 0 Å². The fraction of sp³-hybridized carbons (Fsp3) is 0.533. The van der Waals surface area contributed by atoms with Crippen molar-refractivity contribution >= 4 is 5.97 Å². The molecule has 0 bridgehead atoms. The first-order valence-electron chi connectivity index (χ1n) is 6.20. The van der Waals surface area contributed by atoms with Crippen LogP contribution in [0, 0.1) is 26.2 Å². The van der Waals surface area contributed by atoms with Crippen LogP contribution in [0.25, 0.3) is 0 Å². The molecule has 0 saturated carbocycles. The Balaban J connectivity index is 3.34. The van der Waals surface area contributed by atoms with E-state index in [9.17, 15) is 9.90 Å². The minimum Gasteiger partial charge on any atom is -0.481 e. The van der Waals surface area contributed by atoms with Crippen LogP contribution >= 0.6 is 0 Å². The average molecular weight is 249 g/mol. The van der Waals surface area contributed by atoms with E-state index in [2.05, 4.69) is 31.3 Å². The van der Waals surface area contributed by atoms with Crippen molar-refractivity contribution in [1.29, 1.82) is 0 Å². The first-order valence-corrected chi connectivity index (χ1v) is 6.20. The Kier molecular flexibility index (Phi) is 4.17. The number of carboxylic acids is 1. The van der Waals surface area contributed by atoms with E-state index < -0.39 is 11.4 Å². The Labute approximate surface area is 109 Å². The molecule has 2 N–H and O–H groups in total. The van der Waals surface area contributed by atoms with Crippen LogP contribution in [-0.4, -0.2) is 18.1 Å². The summed E-state index contributed by atoms with van der Waals surface area (Å²) in [4.78, 5) is 11.4. The van der Waals surface area contributed by atoms with E-state index >= 15 is 0 Å². The second kappa shape index (κ2) is 5.11. The molecule has 1 aromatic rings. The van der Waals surface area contributed by atoms with Crippen LogP contribution < -0.4 is 5.32 Å². The highest BCUT2D eigenvalue weighted by atomic mass is 16.4. The van der Waals surface area contributed by atoms with Crippen LogP contribution in [0.1, 0.15) is 42.1 Å². The van der Waals surface area contributed by atoms with Crippen molar-refractivity contribution in [3.05, 3.63) is 34.4 Å². The molecule has 0 aliphatic carbocycles. The number of carboxylic acid groups (broad SMARTS) is 1. The third kappa shape index (κ3) is 2.56. The van der Waals surface area contributed by atoms with E-state index in [1.165, 1.54) is 11.1 Å². The molecule has 0 aromatic heterocycles. The van der Waals surface area contributed by atoms with Crippen molar-refractivity contribution in [2.75, 3.05) is 7.05 Å². The summed E-state index contributed by atoms with van der Waals surface area (Å²) in [6, 6.07) is 4.01. The van der Waals surface area contributed by atoms with E-state index in [0.717, 1.165) is 11.1 Å². The fourth-order valence-corrected chi connectivity index (χ4v) is 2.32. The van der Waals surface area contributed by atoms with Crippen molar-refractivity contribution in [2.45, 2.75) is 40.7 Å². The van der Waals surface area contributed by atoms with E-state index in [0.29, 0.717) is 0 Å². The lowest BCUT2D eigenvalue weighted by molar-refractivity contribution is -0.148. The van der Waals surface area contributed by atoms with E-state index in [1.807, 2.05) is 14.0 Å². The number of nitrogens with one attached hydrogen (secondary N) is 1. The predicted octanol–water partition coefficient (Wildman–Crippen LogP) is 2.98. The Morgan fingerprint density at radius 3 is 2.11 bits per heavy atom. The maximum absolute atomic E-state index is 11.4. The summed E-state index contributed by atoms with van der Waals surface area (Å²) in [6.07, 6.45) is 0. The van der Waals surface area contributed by atoms with Gasteiger partial charge >= 0.3 is 5.97 Å². The third-order valence-corrected chi connectivity index (χ3v) is 3.75. The highest BCUT2D eigenvalue weighted by Gasteiger charge is 2.37. The minimum atomic E-state index is -0.846. The quantitative estimate of drug-likeness (QED) is 0.862. The Morgan fingerprint density at radius 1 is 1.17 bits per heavy atom. The zero-order chi connectivity index (χ0) is 14.1. The van der Waals surface area contributed by atoms with Gasteiger partial charge in [-0.25, -0.2) is 0 Å². The van der Waals surface area contributed by atoms with Gasteiger partial charge in [-0.1, -0.05) is 12.1 Å². The van der Waals surface area contributed by atoms with Crippen molar-refractivity contribution in [1.82, 2.24) is 5.32 Å². The SMILES string of the molecule is CNC(c1cc(C)c(C)cc1C)C(C)(C)C(=O)O. The third-order valence-electron chi connectivity index (χ3n) is 3.75. The molecule has 0 spiro atoms. The van der Waals surface area contributed by atoms with Crippen molar-refractivity contribution in [3.8, 4) is 0 Å². The molecule has 0 aliphatic rings. The van der Waals surface area contributed by atoms with Crippen molar-refractivity contribution < 1.29 is 9.90 Å². The molecular formula is C15H23NO2. The number of carbonyl (C=O) groups is 1. The average Bonchev–Trinajstić information content (AvgIpc) is 2.25. The lowest BCUT2D eigenvalue weighted by Crippen LogP contribution is -2.38. The Hall–Kier alpha value is -1.35. The summed E-state index contributed by atoms with van der Waals surface area (Å²) < 4.78 is 0. The summed E-state index contributed by atoms with van der Waals surface area (Å²) in [7, 11) is 1.81. The van der Waals surface area contributed by atoms with Gasteiger partial charge in [0.1, 0.15) is 0 Å². The number of hydrogen-bond donors (Lipinski definition) is 2. The van der Waals surface area contributed by atoms with Crippen LogP contribution in [-0.2, 0) is 4.79 Å². The maximum atomic E-state index is 11.4. The maximum Gasteiger partial charge on any atom is 0.311 e. The van der Waals surface area contributed by atoms with Crippen molar-refractivity contribution in [2.24, 2.45) is 5.41 Å². The molecule has 100 valence electrons. The molecule has 1 rings (SSSR count). The topological polar surface area (TPSA) is 49.3 Å². The highest BCUT2D eigenvalue weighted by Crippen LogP contribution is 2.35. The molecule has 18 heavy (non-hydrogen) atoms. The molecule has 0 heterocycles. The van der Waals surface area contributed by atoms with E-state index in [-0.39, 0.29) is 6.04 Å². The zero-order valence-electron chi connectivity index (χ0n) is 12.1. The van der Waals surface area contributed by atoms with E-state index in [4.69, 9.17) is 0 Å². The molecule has 1 atom stereocenters. The van der Waals surface area contributed by atoms with Crippen LogP contribution in [0.5, 0.6) is 0 Å². The van der Waals surface area contributed by atoms with Crippen molar-refractivity contribution in [3.63, 3.8) is 0 Å². The van der Waals surface area contributed by atoms with Gasteiger partial charge in [0, 0.05) is 6.04 Å². The van der Waals surface area contributed by atoms with Gasteiger partial charge in [0.25, 0.3) is 0 Å². The number of hydrogen-bond acceptors (Lipinski definition) is 2. The van der Waals surface area contributed by atoms with Gasteiger partial charge in [-0.15, -0.1) is 0 Å². The molecule has 0 saturated heterocycles. The first-order chi connectivity index (χ1) is 8.21. The predicted molar refractivity (Wildman–Crippen MR) is 73.9 cm³/mol. The molecular weight excluding hydrogens is 226 g/mol. The van der Waals surface area contributed by atoms with Crippen LogP contribution in [0.3, 0.4) is 0 Å². The minimum absolute atomic E-state index is 0.200. The lowest BCUT2D eigenvalue weighted by atomic mass is 9.78. The molecule has 0 radical (unpaired) electrons. The second-order valence-electron chi connectivity index (χ2n) is 5.54. The van der Waals surface area contributed by atoms with Crippen LogP contribution in [0.2, 0.25) is 0 Å². The van der Waals surface area contributed by atoms with Gasteiger partial charge in [-0.2, -0.15) is 0 Å². The summed E-state index contributed by atoms with van der Waals surface area (Å²) in [5.74, 6) is -0.792. The summed E-state index contributed by atoms with van der Waals surface area (Å²) in [5.41, 5.74) is 3.78. The van der Waals surface area contributed by atoms with Gasteiger partial charge < -0.3 is 10.4 Å². The largest absolute Gasteiger partial charge is 0.481 e. The summed E-state index contributed by atoms with van der Waals surface area (Å²) in [6.45, 7) is 9.67. The van der Waals surface area contributed by atoms with Crippen LogP contribution in [0.4, 0.5) is 0 Å². The summed E-state index contributed by atoms with van der Waals surface area (Å²) >= 11 is 0. The molecule has 0 amide bonds. The normalized spacial score (nSPS) is 13.4. The number of aryl methyl sites for hydroxylation is 3. The highest BCUT2D eigenvalue weighted by molar-refractivity contribution is 5.75. The Bertz CT molecular complexity index is 464. The van der Waals surface area contributed by atoms with E-state index in [1.54, 1.807) is 13.8 Å². The molecule has 3 heteroatoms. The number of aliphatic carboxylic acids is 1. The molecule has 1 aromatic carbocycles. The molecule has 0 aliphatic heterocycles. The lowest BCUT2D eigenvalue weighted by Gasteiger charge is -2.32. The second-order valence-corrected chi connectivity index (χ2v) is 5.54. The fourth-order valence-electron chi connectivity index (χ4n) is 2.32.